The number of hydrogen-bond donors (Lipinski definition) is 3. The lowest BCUT2D eigenvalue weighted by Crippen LogP contribution is -2.36. The zero-order valence-electron chi connectivity index (χ0n) is 8.32. The zero-order chi connectivity index (χ0) is 11.0. The molecule has 0 unspecified atom stereocenters. The Morgan fingerprint density at radius 3 is 2.43 bits per heavy atom. The van der Waals surface area contributed by atoms with E-state index in [9.17, 15) is 9.59 Å². The van der Waals surface area contributed by atoms with Crippen LogP contribution in [0.4, 0.5) is 0 Å². The number of rotatable bonds is 7. The number of aliphatic carboxylic acids is 1. The molecule has 0 spiro atoms. The van der Waals surface area contributed by atoms with E-state index >= 15 is 0 Å². The summed E-state index contributed by atoms with van der Waals surface area (Å²) in [6.07, 6.45) is 1.20. The first-order valence-electron chi connectivity index (χ1n) is 4.72. The van der Waals surface area contributed by atoms with Gasteiger partial charge in [-0.15, -0.1) is 0 Å². The lowest BCUT2D eigenvalue weighted by molar-refractivity contribution is -0.137. The third-order valence-electron chi connectivity index (χ3n) is 1.87. The molecule has 5 heteroatoms. The lowest BCUT2D eigenvalue weighted by Gasteiger charge is -2.13. The summed E-state index contributed by atoms with van der Waals surface area (Å²) in [6.45, 7) is 1.78. The summed E-state index contributed by atoms with van der Waals surface area (Å²) < 4.78 is 0. The molecule has 0 heterocycles. The van der Waals surface area contributed by atoms with Crippen LogP contribution in [0.5, 0.6) is 0 Å². The number of hydrogen-bond acceptors (Lipinski definition) is 3. The maximum atomic E-state index is 11.1. The summed E-state index contributed by atoms with van der Waals surface area (Å²) in [7, 11) is 0. The van der Waals surface area contributed by atoms with Crippen molar-refractivity contribution in [3.8, 4) is 0 Å². The monoisotopic (exact) mass is 203 g/mol. The van der Waals surface area contributed by atoms with Crippen LogP contribution in [0.15, 0.2) is 0 Å². The van der Waals surface area contributed by atoms with E-state index in [0.717, 1.165) is 0 Å². The second-order valence-electron chi connectivity index (χ2n) is 3.10. The van der Waals surface area contributed by atoms with Crippen LogP contribution in [0.3, 0.4) is 0 Å². The van der Waals surface area contributed by atoms with Gasteiger partial charge in [0.05, 0.1) is 12.6 Å². The highest BCUT2D eigenvalue weighted by molar-refractivity contribution is 5.77. The Kier molecular flexibility index (Phi) is 6.74. The van der Waals surface area contributed by atoms with Gasteiger partial charge < -0.3 is 15.5 Å². The first kappa shape index (κ1) is 12.9. The van der Waals surface area contributed by atoms with E-state index in [0.29, 0.717) is 12.8 Å². The molecule has 0 saturated heterocycles. The average molecular weight is 203 g/mol. The smallest absolute Gasteiger partial charge is 0.303 e. The SMILES string of the molecule is CC[C@H](CO)NC(=O)CCCC(=O)O. The standard InChI is InChI=1S/C9H17NO4/c1-2-7(6-11)10-8(12)4-3-5-9(13)14/h7,11H,2-6H2,1H3,(H,10,12)(H,13,14)/t7-/m1/s1. The van der Waals surface area contributed by atoms with Crippen LogP contribution in [-0.4, -0.2) is 34.7 Å². The Balaban J connectivity index is 3.59. The molecule has 5 nitrogen and oxygen atoms in total. The minimum Gasteiger partial charge on any atom is -0.481 e. The molecule has 0 bridgehead atoms. The molecule has 0 aliphatic carbocycles. The molecular weight excluding hydrogens is 186 g/mol. The number of aliphatic hydroxyl groups is 1. The van der Waals surface area contributed by atoms with Crippen molar-refractivity contribution in [1.29, 1.82) is 0 Å². The van der Waals surface area contributed by atoms with Crippen molar-refractivity contribution >= 4 is 11.9 Å². The van der Waals surface area contributed by atoms with Gasteiger partial charge in [-0.05, 0) is 12.8 Å². The van der Waals surface area contributed by atoms with Gasteiger partial charge in [0.1, 0.15) is 0 Å². The molecule has 0 aliphatic heterocycles. The van der Waals surface area contributed by atoms with Crippen molar-refractivity contribution in [2.75, 3.05) is 6.61 Å². The van der Waals surface area contributed by atoms with Crippen LogP contribution >= 0.6 is 0 Å². The Morgan fingerprint density at radius 2 is 2.00 bits per heavy atom. The Hall–Kier alpha value is -1.10. The third-order valence-corrected chi connectivity index (χ3v) is 1.87. The molecule has 3 N–H and O–H groups in total. The zero-order valence-corrected chi connectivity index (χ0v) is 8.32. The predicted octanol–water partition coefficient (Wildman–Crippen LogP) is 0.128. The second-order valence-corrected chi connectivity index (χ2v) is 3.10. The molecule has 0 rings (SSSR count). The molecular formula is C9H17NO4. The van der Waals surface area contributed by atoms with Crippen molar-refractivity contribution < 1.29 is 19.8 Å². The number of amides is 1. The van der Waals surface area contributed by atoms with E-state index in [1.165, 1.54) is 0 Å². The molecule has 0 radical (unpaired) electrons. The molecule has 0 aromatic rings. The maximum absolute atomic E-state index is 11.1. The quantitative estimate of drug-likeness (QED) is 0.549. The fourth-order valence-electron chi connectivity index (χ4n) is 0.977. The van der Waals surface area contributed by atoms with Crippen LogP contribution in [-0.2, 0) is 9.59 Å². The summed E-state index contributed by atoms with van der Waals surface area (Å²) in [5, 5.41) is 19.7. The van der Waals surface area contributed by atoms with E-state index < -0.39 is 5.97 Å². The maximum Gasteiger partial charge on any atom is 0.303 e. The normalized spacial score (nSPS) is 12.1. The number of carboxylic acid groups (broad SMARTS) is 1. The van der Waals surface area contributed by atoms with Crippen molar-refractivity contribution in [3.63, 3.8) is 0 Å². The van der Waals surface area contributed by atoms with E-state index in [2.05, 4.69) is 5.32 Å². The topological polar surface area (TPSA) is 86.6 Å². The molecule has 0 aromatic carbocycles. The fraction of sp³-hybridized carbons (Fsp3) is 0.778. The molecule has 0 fully saturated rings. The Bertz CT molecular complexity index is 189. The van der Waals surface area contributed by atoms with Gasteiger partial charge in [0.15, 0.2) is 0 Å². The molecule has 0 saturated carbocycles. The molecule has 1 atom stereocenters. The van der Waals surface area contributed by atoms with Crippen LogP contribution in [0.1, 0.15) is 32.6 Å². The van der Waals surface area contributed by atoms with Crippen LogP contribution in [0.25, 0.3) is 0 Å². The van der Waals surface area contributed by atoms with Crippen molar-refractivity contribution in [1.82, 2.24) is 5.32 Å². The fourth-order valence-corrected chi connectivity index (χ4v) is 0.977. The van der Waals surface area contributed by atoms with Gasteiger partial charge in [0, 0.05) is 12.8 Å². The van der Waals surface area contributed by atoms with Gasteiger partial charge in [-0.2, -0.15) is 0 Å². The molecule has 0 aliphatic rings. The number of nitrogens with one attached hydrogen (secondary N) is 1. The molecule has 82 valence electrons. The number of carbonyl (C=O) groups excluding carboxylic acids is 1. The first-order valence-corrected chi connectivity index (χ1v) is 4.72. The van der Waals surface area contributed by atoms with Crippen molar-refractivity contribution in [2.45, 2.75) is 38.6 Å². The first-order chi connectivity index (χ1) is 6.60. The molecule has 1 amide bonds. The van der Waals surface area contributed by atoms with Gasteiger partial charge in [-0.25, -0.2) is 0 Å². The Labute approximate surface area is 83.1 Å². The van der Waals surface area contributed by atoms with Crippen molar-refractivity contribution in [3.05, 3.63) is 0 Å². The average Bonchev–Trinajstić information content (AvgIpc) is 2.13. The summed E-state index contributed by atoms with van der Waals surface area (Å²) in [4.78, 5) is 21.3. The van der Waals surface area contributed by atoms with Crippen molar-refractivity contribution in [2.24, 2.45) is 0 Å². The van der Waals surface area contributed by atoms with Gasteiger partial charge in [-0.1, -0.05) is 6.92 Å². The van der Waals surface area contributed by atoms with Gasteiger partial charge in [0.25, 0.3) is 0 Å². The summed E-state index contributed by atoms with van der Waals surface area (Å²) in [5.74, 6) is -1.10. The summed E-state index contributed by atoms with van der Waals surface area (Å²) in [5.41, 5.74) is 0. The van der Waals surface area contributed by atoms with Gasteiger partial charge >= 0.3 is 5.97 Å². The lowest BCUT2D eigenvalue weighted by atomic mass is 10.2. The van der Waals surface area contributed by atoms with Gasteiger partial charge in [-0.3, -0.25) is 9.59 Å². The summed E-state index contributed by atoms with van der Waals surface area (Å²) in [6, 6.07) is -0.215. The highest BCUT2D eigenvalue weighted by Crippen LogP contribution is 1.97. The largest absolute Gasteiger partial charge is 0.481 e. The number of carboxylic acids is 1. The molecule has 14 heavy (non-hydrogen) atoms. The minimum absolute atomic E-state index is 0.00331. The summed E-state index contributed by atoms with van der Waals surface area (Å²) >= 11 is 0. The van der Waals surface area contributed by atoms with Gasteiger partial charge in [0.2, 0.25) is 5.91 Å². The van der Waals surface area contributed by atoms with E-state index in [4.69, 9.17) is 10.2 Å². The van der Waals surface area contributed by atoms with Crippen LogP contribution in [0, 0.1) is 0 Å². The Morgan fingerprint density at radius 1 is 1.36 bits per heavy atom. The van der Waals surface area contributed by atoms with Crippen LogP contribution < -0.4 is 5.32 Å². The minimum atomic E-state index is -0.896. The highest BCUT2D eigenvalue weighted by Gasteiger charge is 2.09. The van der Waals surface area contributed by atoms with Crippen LogP contribution in [0.2, 0.25) is 0 Å². The van der Waals surface area contributed by atoms with E-state index in [1.54, 1.807) is 0 Å². The van der Waals surface area contributed by atoms with E-state index in [-0.39, 0.29) is 31.4 Å². The van der Waals surface area contributed by atoms with E-state index in [1.807, 2.05) is 6.92 Å². The highest BCUT2D eigenvalue weighted by atomic mass is 16.4. The molecule has 0 aromatic heterocycles. The number of aliphatic hydroxyl groups excluding tert-OH is 1. The number of carbonyl (C=O) groups is 2. The predicted molar refractivity (Wildman–Crippen MR) is 50.8 cm³/mol. The second kappa shape index (κ2) is 7.32. The third kappa shape index (κ3) is 6.42.